The van der Waals surface area contributed by atoms with Crippen LogP contribution in [0.5, 0.6) is 0 Å². The fraction of sp³-hybridized carbons (Fsp3) is 0.526. The molecule has 5 heteroatoms. The lowest BCUT2D eigenvalue weighted by atomic mass is 10.1. The average Bonchev–Trinajstić information content (AvgIpc) is 2.76. The zero-order valence-electron chi connectivity index (χ0n) is 14.7. The van der Waals surface area contributed by atoms with Gasteiger partial charge < -0.3 is 15.1 Å². The van der Waals surface area contributed by atoms with Gasteiger partial charge in [-0.2, -0.15) is 0 Å². The molecule has 1 N–H and O–H groups in total. The molecule has 0 bridgehead atoms. The number of nitrogens with one attached hydrogen (secondary N) is 1. The first kappa shape index (κ1) is 18.6. The van der Waals surface area contributed by atoms with Crippen molar-refractivity contribution in [2.24, 2.45) is 0 Å². The van der Waals surface area contributed by atoms with Gasteiger partial charge in [0.1, 0.15) is 5.82 Å². The van der Waals surface area contributed by atoms with Crippen LogP contribution in [-0.2, 0) is 4.79 Å². The van der Waals surface area contributed by atoms with Gasteiger partial charge in [-0.05, 0) is 69.7 Å². The van der Waals surface area contributed by atoms with Gasteiger partial charge in [0.15, 0.2) is 0 Å². The van der Waals surface area contributed by atoms with E-state index in [9.17, 15) is 9.18 Å². The molecule has 0 saturated carbocycles. The number of carbonyl (C=O) groups is 1. The summed E-state index contributed by atoms with van der Waals surface area (Å²) in [5.74, 6) is -0.406. The minimum Gasteiger partial charge on any atom is -0.352 e. The van der Waals surface area contributed by atoms with Crippen LogP contribution in [0.25, 0.3) is 5.57 Å². The summed E-state index contributed by atoms with van der Waals surface area (Å²) in [7, 11) is 2.16. The molecular weight excluding hydrogens is 305 g/mol. The smallest absolute Gasteiger partial charge is 0.244 e. The first-order valence-corrected chi connectivity index (χ1v) is 8.67. The Bertz CT molecular complexity index is 573. The zero-order valence-corrected chi connectivity index (χ0v) is 14.7. The maximum Gasteiger partial charge on any atom is 0.244 e. The number of hydrogen-bond acceptors (Lipinski definition) is 3. The van der Waals surface area contributed by atoms with Crippen molar-refractivity contribution in [2.75, 3.05) is 46.3 Å². The number of benzene rings is 1. The van der Waals surface area contributed by atoms with Gasteiger partial charge in [0, 0.05) is 25.7 Å². The van der Waals surface area contributed by atoms with Crippen LogP contribution in [0.3, 0.4) is 0 Å². The molecular formula is C19H28FN3O. The van der Waals surface area contributed by atoms with Crippen LogP contribution in [0.1, 0.15) is 25.3 Å². The lowest BCUT2D eigenvalue weighted by Gasteiger charge is -2.19. The first-order valence-electron chi connectivity index (χ1n) is 8.67. The Balaban J connectivity index is 1.70. The van der Waals surface area contributed by atoms with Crippen molar-refractivity contribution >= 4 is 11.5 Å². The Hall–Kier alpha value is -1.72. The number of hydrogen-bond donors (Lipinski definition) is 1. The summed E-state index contributed by atoms with van der Waals surface area (Å²) < 4.78 is 13.2. The summed E-state index contributed by atoms with van der Waals surface area (Å²) in [6, 6.07) is 6.30. The van der Waals surface area contributed by atoms with Crippen LogP contribution in [0.15, 0.2) is 30.3 Å². The second kappa shape index (κ2) is 9.55. The third-order valence-electron chi connectivity index (χ3n) is 4.39. The lowest BCUT2D eigenvalue weighted by molar-refractivity contribution is -0.116. The molecule has 1 fully saturated rings. The van der Waals surface area contributed by atoms with Gasteiger partial charge in [-0.25, -0.2) is 4.39 Å². The van der Waals surface area contributed by atoms with E-state index in [2.05, 4.69) is 22.2 Å². The Labute approximate surface area is 144 Å². The monoisotopic (exact) mass is 333 g/mol. The molecule has 0 aromatic heterocycles. The molecule has 0 spiro atoms. The summed E-state index contributed by atoms with van der Waals surface area (Å²) in [4.78, 5) is 16.8. The van der Waals surface area contributed by atoms with E-state index in [-0.39, 0.29) is 11.7 Å². The number of likely N-dealkylation sites (N-methyl/N-ethyl adjacent to an activating group) is 1. The number of rotatable bonds is 6. The van der Waals surface area contributed by atoms with Crippen molar-refractivity contribution in [1.29, 1.82) is 0 Å². The Morgan fingerprint density at radius 1 is 1.29 bits per heavy atom. The molecule has 4 nitrogen and oxygen atoms in total. The van der Waals surface area contributed by atoms with Crippen LogP contribution in [0.2, 0.25) is 0 Å². The van der Waals surface area contributed by atoms with Crippen molar-refractivity contribution in [3.05, 3.63) is 41.7 Å². The molecule has 1 aromatic rings. The summed E-state index contributed by atoms with van der Waals surface area (Å²) in [6.07, 6.45) is 3.69. The highest BCUT2D eigenvalue weighted by atomic mass is 19.1. The predicted octanol–water partition coefficient (Wildman–Crippen LogP) is 2.37. The van der Waals surface area contributed by atoms with Gasteiger partial charge in [-0.15, -0.1) is 0 Å². The van der Waals surface area contributed by atoms with Gasteiger partial charge in [0.05, 0.1) is 0 Å². The molecule has 1 amide bonds. The molecule has 0 aliphatic carbocycles. The largest absolute Gasteiger partial charge is 0.352 e. The zero-order chi connectivity index (χ0) is 17.4. The Morgan fingerprint density at radius 3 is 2.92 bits per heavy atom. The Kier molecular flexibility index (Phi) is 7.40. The molecule has 1 aliphatic heterocycles. The van der Waals surface area contributed by atoms with Crippen LogP contribution in [0.4, 0.5) is 4.39 Å². The van der Waals surface area contributed by atoms with E-state index in [1.54, 1.807) is 12.1 Å². The molecule has 132 valence electrons. The van der Waals surface area contributed by atoms with E-state index < -0.39 is 0 Å². The molecule has 2 rings (SSSR count). The second-order valence-electron chi connectivity index (χ2n) is 6.48. The minimum absolute atomic E-state index is 0.118. The third kappa shape index (κ3) is 6.42. The van der Waals surface area contributed by atoms with Crippen molar-refractivity contribution in [3.8, 4) is 0 Å². The molecule has 0 radical (unpaired) electrons. The number of allylic oxidation sites excluding steroid dienone is 1. The van der Waals surface area contributed by atoms with Crippen LogP contribution in [0, 0.1) is 5.82 Å². The highest BCUT2D eigenvalue weighted by molar-refractivity contribution is 5.94. The third-order valence-corrected chi connectivity index (χ3v) is 4.39. The van der Waals surface area contributed by atoms with Gasteiger partial charge >= 0.3 is 0 Å². The van der Waals surface area contributed by atoms with Crippen molar-refractivity contribution in [1.82, 2.24) is 15.1 Å². The van der Waals surface area contributed by atoms with Gasteiger partial charge in [0.25, 0.3) is 0 Å². The first-order chi connectivity index (χ1) is 11.5. The number of carbonyl (C=O) groups excluding carboxylic acids is 1. The van der Waals surface area contributed by atoms with E-state index in [1.807, 2.05) is 6.92 Å². The summed E-state index contributed by atoms with van der Waals surface area (Å²) in [6.45, 7) is 8.01. The normalized spacial score (nSPS) is 17.5. The maximum atomic E-state index is 13.2. The number of nitrogens with zero attached hydrogens (tertiary/aromatic N) is 2. The van der Waals surface area contributed by atoms with E-state index >= 15 is 0 Å². The van der Waals surface area contributed by atoms with E-state index in [0.717, 1.165) is 50.3 Å². The standard InChI is InChI=1S/C19H28FN3O/c1-16(17-6-3-7-18(20)15-17)14-19(24)21-8-4-10-23-11-5-9-22(2)12-13-23/h3,6-7,14-15H,4-5,8-13H2,1-2H3,(H,21,24)/b16-14+. The molecule has 1 saturated heterocycles. The van der Waals surface area contributed by atoms with Crippen LogP contribution >= 0.6 is 0 Å². The van der Waals surface area contributed by atoms with E-state index in [1.165, 1.54) is 24.6 Å². The number of halogens is 1. The summed E-state index contributed by atoms with van der Waals surface area (Å²) in [5, 5.41) is 2.92. The SMILES string of the molecule is C/C(=C\C(=O)NCCCN1CCCN(C)CC1)c1cccc(F)c1. The predicted molar refractivity (Wildman–Crippen MR) is 96.2 cm³/mol. The summed E-state index contributed by atoms with van der Waals surface area (Å²) in [5.41, 5.74) is 1.50. The maximum absolute atomic E-state index is 13.2. The molecule has 1 heterocycles. The van der Waals surface area contributed by atoms with E-state index in [4.69, 9.17) is 0 Å². The van der Waals surface area contributed by atoms with Crippen molar-refractivity contribution < 1.29 is 9.18 Å². The molecule has 0 atom stereocenters. The van der Waals surface area contributed by atoms with Gasteiger partial charge in [-0.3, -0.25) is 4.79 Å². The van der Waals surface area contributed by atoms with Crippen LogP contribution < -0.4 is 5.32 Å². The highest BCUT2D eigenvalue weighted by Gasteiger charge is 2.11. The molecule has 1 aromatic carbocycles. The fourth-order valence-electron chi connectivity index (χ4n) is 2.90. The number of amides is 1. The topological polar surface area (TPSA) is 35.6 Å². The quantitative estimate of drug-likeness (QED) is 0.641. The van der Waals surface area contributed by atoms with Gasteiger partial charge in [-0.1, -0.05) is 12.1 Å². The average molecular weight is 333 g/mol. The second-order valence-corrected chi connectivity index (χ2v) is 6.48. The van der Waals surface area contributed by atoms with E-state index in [0.29, 0.717) is 6.54 Å². The van der Waals surface area contributed by atoms with Gasteiger partial charge in [0.2, 0.25) is 5.91 Å². The highest BCUT2D eigenvalue weighted by Crippen LogP contribution is 2.14. The minimum atomic E-state index is -0.288. The lowest BCUT2D eigenvalue weighted by Crippen LogP contribution is -2.32. The molecule has 24 heavy (non-hydrogen) atoms. The summed E-state index contributed by atoms with van der Waals surface area (Å²) >= 11 is 0. The fourth-order valence-corrected chi connectivity index (χ4v) is 2.90. The van der Waals surface area contributed by atoms with Crippen LogP contribution in [-0.4, -0.2) is 62.0 Å². The van der Waals surface area contributed by atoms with Crippen molar-refractivity contribution in [2.45, 2.75) is 19.8 Å². The molecule has 1 aliphatic rings. The molecule has 0 unspecified atom stereocenters. The Morgan fingerprint density at radius 2 is 2.12 bits per heavy atom. The van der Waals surface area contributed by atoms with Crippen molar-refractivity contribution in [3.63, 3.8) is 0 Å².